The van der Waals surface area contributed by atoms with Crippen LogP contribution >= 0.6 is 0 Å². The molecule has 4 atom stereocenters. The van der Waals surface area contributed by atoms with Crippen LogP contribution in [0.1, 0.15) is 60.9 Å². The Hall–Kier alpha value is -3.17. The van der Waals surface area contributed by atoms with Crippen molar-refractivity contribution < 1.29 is 31.4 Å². The minimum atomic E-state index is -4.55. The molecule has 2 aliphatic heterocycles. The number of benzene rings is 3. The van der Waals surface area contributed by atoms with Gasteiger partial charge in [0.2, 0.25) is 0 Å². The number of hydrogen-bond donors (Lipinski definition) is 1. The average molecular weight is 587 g/mol. The number of halogens is 5. The summed E-state index contributed by atoms with van der Waals surface area (Å²) in [5.41, 5.74) is 1.88. The molecule has 3 aromatic rings. The van der Waals surface area contributed by atoms with Crippen LogP contribution in [0, 0.1) is 17.0 Å². The predicted molar refractivity (Wildman–Crippen MR) is 150 cm³/mol. The lowest BCUT2D eigenvalue weighted by molar-refractivity contribution is -0.155. The first-order chi connectivity index (χ1) is 20.1. The van der Waals surface area contributed by atoms with Gasteiger partial charge in [0.05, 0.1) is 18.7 Å². The van der Waals surface area contributed by atoms with Crippen LogP contribution in [-0.4, -0.2) is 42.9 Å². The van der Waals surface area contributed by atoms with Gasteiger partial charge in [-0.05, 0) is 79.8 Å². The lowest BCUT2D eigenvalue weighted by Gasteiger charge is -2.42. The molecule has 4 nitrogen and oxygen atoms in total. The molecule has 9 heteroatoms. The minimum absolute atomic E-state index is 0.0675. The van der Waals surface area contributed by atoms with Gasteiger partial charge in [0, 0.05) is 30.3 Å². The van der Waals surface area contributed by atoms with Crippen molar-refractivity contribution in [2.75, 3.05) is 19.6 Å². The second-order valence-corrected chi connectivity index (χ2v) is 12.1. The van der Waals surface area contributed by atoms with E-state index in [9.17, 15) is 13.2 Å². The fourth-order valence-corrected chi connectivity index (χ4v) is 7.02. The molecule has 0 amide bonds. The molecule has 2 heterocycles. The fraction of sp³-hybridized carbons (Fsp3) is 0.455. The summed E-state index contributed by atoms with van der Waals surface area (Å²) in [7, 11) is 0. The Labute approximate surface area is 242 Å². The number of rotatable bonds is 7. The third-order valence-electron chi connectivity index (χ3n) is 9.05. The SMILES string of the molecule is C[C@@H]1Cc2cc(OCc3ccccc3)ccc2C(c2c(F)cc(OC3CCC4(CCNC4)C3)cc2F)N1CC(F)(F)F. The van der Waals surface area contributed by atoms with Crippen LogP contribution in [-0.2, 0) is 13.0 Å². The molecule has 6 rings (SSSR count). The van der Waals surface area contributed by atoms with Crippen molar-refractivity contribution in [3.63, 3.8) is 0 Å². The smallest absolute Gasteiger partial charge is 0.401 e. The lowest BCUT2D eigenvalue weighted by Crippen LogP contribution is -2.47. The van der Waals surface area contributed by atoms with Crippen LogP contribution in [0.25, 0.3) is 0 Å². The van der Waals surface area contributed by atoms with Crippen LogP contribution in [0.3, 0.4) is 0 Å². The van der Waals surface area contributed by atoms with E-state index in [4.69, 9.17) is 9.47 Å². The maximum absolute atomic E-state index is 15.8. The summed E-state index contributed by atoms with van der Waals surface area (Å²) >= 11 is 0. The van der Waals surface area contributed by atoms with E-state index in [1.807, 2.05) is 30.3 Å². The van der Waals surface area contributed by atoms with E-state index in [-0.39, 0.29) is 23.7 Å². The van der Waals surface area contributed by atoms with Gasteiger partial charge in [-0.1, -0.05) is 36.4 Å². The van der Waals surface area contributed by atoms with Gasteiger partial charge in [-0.3, -0.25) is 4.90 Å². The van der Waals surface area contributed by atoms with Gasteiger partial charge in [0.15, 0.2) is 0 Å². The largest absolute Gasteiger partial charge is 0.490 e. The molecule has 1 aliphatic carbocycles. The molecule has 1 saturated carbocycles. The summed E-state index contributed by atoms with van der Waals surface area (Å²) < 4.78 is 84.8. The lowest BCUT2D eigenvalue weighted by atomic mass is 9.84. The highest BCUT2D eigenvalue weighted by Gasteiger charge is 2.44. The molecule has 0 bridgehead atoms. The second kappa shape index (κ2) is 11.5. The predicted octanol–water partition coefficient (Wildman–Crippen LogP) is 7.35. The highest BCUT2D eigenvalue weighted by Crippen LogP contribution is 2.46. The summed E-state index contributed by atoms with van der Waals surface area (Å²) in [4.78, 5) is 1.14. The number of nitrogens with zero attached hydrogens (tertiary/aromatic N) is 1. The van der Waals surface area contributed by atoms with Crippen LogP contribution in [0.15, 0.2) is 60.7 Å². The van der Waals surface area contributed by atoms with Crippen LogP contribution in [0.4, 0.5) is 22.0 Å². The Bertz CT molecular complexity index is 1380. The molecule has 3 aromatic carbocycles. The van der Waals surface area contributed by atoms with Crippen molar-refractivity contribution in [2.45, 2.75) is 70.0 Å². The monoisotopic (exact) mass is 586 g/mol. The van der Waals surface area contributed by atoms with Gasteiger partial charge in [0.1, 0.15) is 29.7 Å². The number of ether oxygens (including phenoxy) is 2. The van der Waals surface area contributed by atoms with E-state index in [0.717, 1.165) is 61.4 Å². The molecule has 1 spiro atoms. The third-order valence-corrected chi connectivity index (χ3v) is 9.05. The maximum Gasteiger partial charge on any atom is 0.401 e. The molecule has 1 N–H and O–H groups in total. The summed E-state index contributed by atoms with van der Waals surface area (Å²) in [5, 5.41) is 3.38. The van der Waals surface area contributed by atoms with Crippen LogP contribution < -0.4 is 14.8 Å². The highest BCUT2D eigenvalue weighted by atomic mass is 19.4. The molecular weight excluding hydrogens is 551 g/mol. The number of hydrogen-bond acceptors (Lipinski definition) is 4. The van der Waals surface area contributed by atoms with Gasteiger partial charge in [-0.15, -0.1) is 0 Å². The van der Waals surface area contributed by atoms with Gasteiger partial charge in [-0.25, -0.2) is 8.78 Å². The third kappa shape index (κ3) is 6.13. The molecule has 3 unspecified atom stereocenters. The molecule has 3 aliphatic rings. The molecule has 0 aromatic heterocycles. The van der Waals surface area contributed by atoms with Crippen molar-refractivity contribution in [2.24, 2.45) is 5.41 Å². The molecule has 1 saturated heterocycles. The molecule has 42 heavy (non-hydrogen) atoms. The zero-order valence-electron chi connectivity index (χ0n) is 23.5. The van der Waals surface area contributed by atoms with Crippen molar-refractivity contribution in [3.05, 3.63) is 94.6 Å². The summed E-state index contributed by atoms with van der Waals surface area (Å²) in [5.74, 6) is -1.22. The Kier molecular flexibility index (Phi) is 7.91. The molecular formula is C33H35F5N2O2. The van der Waals surface area contributed by atoms with E-state index in [1.54, 1.807) is 25.1 Å². The Morgan fingerprint density at radius 1 is 0.976 bits per heavy atom. The van der Waals surface area contributed by atoms with Gasteiger partial charge in [-0.2, -0.15) is 13.2 Å². The molecule has 224 valence electrons. The van der Waals surface area contributed by atoms with E-state index in [2.05, 4.69) is 5.32 Å². The van der Waals surface area contributed by atoms with E-state index < -0.39 is 42.0 Å². The molecule has 2 fully saturated rings. The average Bonchev–Trinajstić information content (AvgIpc) is 3.57. The number of fused-ring (bicyclic) bond motifs is 1. The summed E-state index contributed by atoms with van der Waals surface area (Å²) in [6, 6.07) is 15.0. The van der Waals surface area contributed by atoms with Crippen molar-refractivity contribution in [1.29, 1.82) is 0 Å². The van der Waals surface area contributed by atoms with E-state index in [1.165, 1.54) is 0 Å². The summed E-state index contributed by atoms with van der Waals surface area (Å²) in [6.45, 7) is 2.56. The topological polar surface area (TPSA) is 33.7 Å². The Morgan fingerprint density at radius 2 is 1.74 bits per heavy atom. The Balaban J connectivity index is 1.29. The molecule has 0 radical (unpaired) electrons. The van der Waals surface area contributed by atoms with Gasteiger partial charge in [0.25, 0.3) is 0 Å². The normalized spacial score (nSPS) is 26.0. The van der Waals surface area contributed by atoms with Crippen LogP contribution in [0.2, 0.25) is 0 Å². The zero-order chi connectivity index (χ0) is 29.5. The van der Waals surface area contributed by atoms with E-state index >= 15 is 8.78 Å². The zero-order valence-corrected chi connectivity index (χ0v) is 23.5. The highest BCUT2D eigenvalue weighted by molar-refractivity contribution is 5.46. The quantitative estimate of drug-likeness (QED) is 0.294. The summed E-state index contributed by atoms with van der Waals surface area (Å²) in [6.07, 6.45) is -0.753. The first-order valence-electron chi connectivity index (χ1n) is 14.6. The first-order valence-corrected chi connectivity index (χ1v) is 14.6. The van der Waals surface area contributed by atoms with Gasteiger partial charge < -0.3 is 14.8 Å². The van der Waals surface area contributed by atoms with Crippen molar-refractivity contribution >= 4 is 0 Å². The standard InChI is InChI=1S/C33H35F5N2O2/c1-21-13-23-14-24(41-18-22-5-3-2-4-6-22)7-8-27(23)31(40(21)20-33(36,37)38)30-28(34)15-26(16-29(30)35)42-25-9-10-32(17-25)11-12-39-19-32/h2-8,14-16,21,25,31,39H,9-13,17-20H2,1H3/t21-,25?,31?,32?/m1/s1. The fourth-order valence-electron chi connectivity index (χ4n) is 7.02. The van der Waals surface area contributed by atoms with Crippen LogP contribution in [0.5, 0.6) is 11.5 Å². The Morgan fingerprint density at radius 3 is 2.43 bits per heavy atom. The van der Waals surface area contributed by atoms with Gasteiger partial charge >= 0.3 is 6.18 Å². The van der Waals surface area contributed by atoms with E-state index in [0.29, 0.717) is 23.5 Å². The van der Waals surface area contributed by atoms with Crippen molar-refractivity contribution in [1.82, 2.24) is 10.2 Å². The number of nitrogens with one attached hydrogen (secondary N) is 1. The van der Waals surface area contributed by atoms with Crippen molar-refractivity contribution in [3.8, 4) is 11.5 Å². The maximum atomic E-state index is 15.8. The first kappa shape index (κ1) is 28.9. The second-order valence-electron chi connectivity index (χ2n) is 12.1. The minimum Gasteiger partial charge on any atom is -0.490 e. The number of alkyl halides is 3.